The van der Waals surface area contributed by atoms with E-state index in [-0.39, 0.29) is 18.8 Å². The van der Waals surface area contributed by atoms with E-state index in [1.165, 1.54) is 17.1 Å². The third kappa shape index (κ3) is 4.96. The quantitative estimate of drug-likeness (QED) is 0.667. The SMILES string of the molecule is O=Cc1ncccc1OCC1=C(c2ccnn2CCC(F)(F)F)CCCC1. The molecule has 0 atom stereocenters. The fourth-order valence-electron chi connectivity index (χ4n) is 3.21. The molecule has 8 heteroatoms. The van der Waals surface area contributed by atoms with Crippen LogP contribution in [0.5, 0.6) is 5.75 Å². The first-order valence-corrected chi connectivity index (χ1v) is 8.81. The van der Waals surface area contributed by atoms with Gasteiger partial charge in [-0.3, -0.25) is 9.48 Å². The Balaban J connectivity index is 1.81. The van der Waals surface area contributed by atoms with Crippen LogP contribution in [0.25, 0.3) is 5.57 Å². The van der Waals surface area contributed by atoms with Crippen molar-refractivity contribution in [2.75, 3.05) is 6.61 Å². The predicted molar refractivity (Wildman–Crippen MR) is 93.4 cm³/mol. The molecule has 5 nitrogen and oxygen atoms in total. The van der Waals surface area contributed by atoms with Gasteiger partial charge in [-0.15, -0.1) is 0 Å². The number of rotatable bonds is 7. The summed E-state index contributed by atoms with van der Waals surface area (Å²) < 4.78 is 44.9. The largest absolute Gasteiger partial charge is 0.487 e. The summed E-state index contributed by atoms with van der Waals surface area (Å²) in [5.74, 6) is 0.399. The van der Waals surface area contributed by atoms with Crippen LogP contribution in [-0.2, 0) is 6.54 Å². The molecule has 0 radical (unpaired) electrons. The van der Waals surface area contributed by atoms with E-state index in [1.54, 1.807) is 18.2 Å². The summed E-state index contributed by atoms with van der Waals surface area (Å²) in [6, 6.07) is 5.11. The lowest BCUT2D eigenvalue weighted by Gasteiger charge is -2.22. The number of ether oxygens (including phenoxy) is 1. The highest BCUT2D eigenvalue weighted by atomic mass is 19.4. The highest BCUT2D eigenvalue weighted by Crippen LogP contribution is 2.33. The summed E-state index contributed by atoms with van der Waals surface area (Å²) in [4.78, 5) is 15.0. The summed E-state index contributed by atoms with van der Waals surface area (Å²) in [5, 5.41) is 4.06. The molecule has 1 aliphatic carbocycles. The Kier molecular flexibility index (Phi) is 5.93. The van der Waals surface area contributed by atoms with Gasteiger partial charge < -0.3 is 4.74 Å². The van der Waals surface area contributed by atoms with Gasteiger partial charge in [0.05, 0.1) is 18.7 Å². The van der Waals surface area contributed by atoms with E-state index in [4.69, 9.17) is 4.74 Å². The Morgan fingerprint density at radius 3 is 2.78 bits per heavy atom. The molecule has 144 valence electrons. The molecular weight excluding hydrogens is 359 g/mol. The second kappa shape index (κ2) is 8.37. The van der Waals surface area contributed by atoms with Gasteiger partial charge in [0.1, 0.15) is 18.1 Å². The number of allylic oxidation sites excluding steroid dienone is 1. The van der Waals surface area contributed by atoms with Crippen molar-refractivity contribution in [1.29, 1.82) is 0 Å². The highest BCUT2D eigenvalue weighted by molar-refractivity contribution is 5.76. The van der Waals surface area contributed by atoms with Crippen molar-refractivity contribution in [3.8, 4) is 5.75 Å². The molecule has 0 bridgehead atoms. The van der Waals surface area contributed by atoms with Crippen LogP contribution >= 0.6 is 0 Å². The Labute approximate surface area is 154 Å². The number of hydrogen-bond donors (Lipinski definition) is 0. The third-order valence-corrected chi connectivity index (χ3v) is 4.53. The van der Waals surface area contributed by atoms with E-state index in [2.05, 4.69) is 10.1 Å². The fourth-order valence-corrected chi connectivity index (χ4v) is 3.21. The fraction of sp³-hybridized carbons (Fsp3) is 0.421. The first-order valence-electron chi connectivity index (χ1n) is 8.81. The highest BCUT2D eigenvalue weighted by Gasteiger charge is 2.28. The number of aryl methyl sites for hydroxylation is 1. The molecule has 2 heterocycles. The molecule has 0 N–H and O–H groups in total. The van der Waals surface area contributed by atoms with Crippen molar-refractivity contribution < 1.29 is 22.7 Å². The van der Waals surface area contributed by atoms with Crippen LogP contribution in [0, 0.1) is 0 Å². The number of hydrogen-bond acceptors (Lipinski definition) is 4. The standard InChI is InChI=1S/C19H20F3N3O2/c20-19(21,22)8-11-25-17(7-10-24-25)15-5-2-1-4-14(15)13-27-18-6-3-9-23-16(18)12-26/h3,6-7,9-10,12H,1-2,4-5,8,11,13H2. The number of carbonyl (C=O) groups excluding carboxylic acids is 1. The van der Waals surface area contributed by atoms with Gasteiger partial charge in [0.25, 0.3) is 0 Å². The molecule has 0 fully saturated rings. The minimum Gasteiger partial charge on any atom is -0.487 e. The monoisotopic (exact) mass is 379 g/mol. The molecule has 27 heavy (non-hydrogen) atoms. The van der Waals surface area contributed by atoms with E-state index in [0.717, 1.165) is 36.8 Å². The lowest BCUT2D eigenvalue weighted by molar-refractivity contribution is -0.137. The van der Waals surface area contributed by atoms with E-state index in [0.29, 0.717) is 17.7 Å². The average Bonchev–Trinajstić information content (AvgIpc) is 3.13. The van der Waals surface area contributed by atoms with Gasteiger partial charge in [0.15, 0.2) is 6.29 Å². The Bertz CT molecular complexity index is 828. The van der Waals surface area contributed by atoms with Crippen LogP contribution in [0.15, 0.2) is 36.2 Å². The Morgan fingerprint density at radius 2 is 2.00 bits per heavy atom. The van der Waals surface area contributed by atoms with Crippen LogP contribution in [0.1, 0.15) is 48.3 Å². The molecule has 1 aliphatic rings. The summed E-state index contributed by atoms with van der Waals surface area (Å²) in [7, 11) is 0. The van der Waals surface area contributed by atoms with Crippen LogP contribution < -0.4 is 4.74 Å². The molecule has 0 unspecified atom stereocenters. The predicted octanol–water partition coefficient (Wildman–Crippen LogP) is 4.45. The van der Waals surface area contributed by atoms with E-state index >= 15 is 0 Å². The number of carbonyl (C=O) groups is 1. The molecule has 0 saturated heterocycles. The number of nitrogens with zero attached hydrogens (tertiary/aromatic N) is 3. The van der Waals surface area contributed by atoms with Gasteiger partial charge in [-0.1, -0.05) is 0 Å². The second-order valence-corrected chi connectivity index (χ2v) is 6.39. The zero-order chi connectivity index (χ0) is 19.3. The van der Waals surface area contributed by atoms with Crippen molar-refractivity contribution >= 4 is 11.9 Å². The topological polar surface area (TPSA) is 57.0 Å². The molecule has 2 aromatic heterocycles. The van der Waals surface area contributed by atoms with Gasteiger partial charge in [-0.05, 0) is 55.0 Å². The van der Waals surface area contributed by atoms with Gasteiger partial charge >= 0.3 is 6.18 Å². The first kappa shape index (κ1) is 19.1. The lowest BCUT2D eigenvalue weighted by atomic mass is 9.90. The maximum Gasteiger partial charge on any atom is 0.390 e. The summed E-state index contributed by atoms with van der Waals surface area (Å²) in [6.07, 6.45) is 2.07. The van der Waals surface area contributed by atoms with Crippen LogP contribution in [-0.4, -0.2) is 33.8 Å². The number of aldehydes is 1. The van der Waals surface area contributed by atoms with Gasteiger partial charge in [0.2, 0.25) is 0 Å². The Morgan fingerprint density at radius 1 is 1.19 bits per heavy atom. The molecule has 0 aliphatic heterocycles. The average molecular weight is 379 g/mol. The summed E-state index contributed by atoms with van der Waals surface area (Å²) in [5.41, 5.74) is 2.94. The normalized spacial score (nSPS) is 15.1. The maximum absolute atomic E-state index is 12.6. The van der Waals surface area contributed by atoms with Crippen molar-refractivity contribution in [1.82, 2.24) is 14.8 Å². The maximum atomic E-state index is 12.6. The molecule has 0 saturated carbocycles. The lowest BCUT2D eigenvalue weighted by Crippen LogP contribution is -2.16. The minimum absolute atomic E-state index is 0.207. The molecular formula is C19H20F3N3O2. The number of pyridine rings is 1. The third-order valence-electron chi connectivity index (χ3n) is 4.53. The summed E-state index contributed by atoms with van der Waals surface area (Å²) >= 11 is 0. The molecule has 2 aromatic rings. The summed E-state index contributed by atoms with van der Waals surface area (Å²) in [6.45, 7) is 0.0632. The zero-order valence-corrected chi connectivity index (χ0v) is 14.7. The minimum atomic E-state index is -4.22. The Hall–Kier alpha value is -2.64. The van der Waals surface area contributed by atoms with Crippen LogP contribution in [0.4, 0.5) is 13.2 Å². The van der Waals surface area contributed by atoms with Crippen molar-refractivity contribution in [3.05, 3.63) is 47.6 Å². The molecule has 0 aromatic carbocycles. The molecule has 0 amide bonds. The van der Waals surface area contributed by atoms with Crippen LogP contribution in [0.3, 0.4) is 0 Å². The van der Waals surface area contributed by atoms with E-state index in [1.807, 2.05) is 0 Å². The van der Waals surface area contributed by atoms with E-state index in [9.17, 15) is 18.0 Å². The zero-order valence-electron chi connectivity index (χ0n) is 14.7. The van der Waals surface area contributed by atoms with Gasteiger partial charge in [-0.2, -0.15) is 18.3 Å². The van der Waals surface area contributed by atoms with E-state index < -0.39 is 12.6 Å². The smallest absolute Gasteiger partial charge is 0.390 e. The van der Waals surface area contributed by atoms with Crippen molar-refractivity contribution in [2.24, 2.45) is 0 Å². The van der Waals surface area contributed by atoms with Gasteiger partial charge in [0, 0.05) is 12.4 Å². The first-order chi connectivity index (χ1) is 13.0. The second-order valence-electron chi connectivity index (χ2n) is 6.39. The van der Waals surface area contributed by atoms with Crippen molar-refractivity contribution in [3.63, 3.8) is 0 Å². The molecule has 0 spiro atoms. The van der Waals surface area contributed by atoms with Gasteiger partial charge in [-0.25, -0.2) is 4.98 Å². The molecule has 3 rings (SSSR count). The van der Waals surface area contributed by atoms with Crippen molar-refractivity contribution in [2.45, 2.75) is 44.8 Å². The van der Waals surface area contributed by atoms with Crippen LogP contribution in [0.2, 0.25) is 0 Å². The number of halogens is 3. The number of aromatic nitrogens is 3. The number of alkyl halides is 3.